The third-order valence-corrected chi connectivity index (χ3v) is 1.87. The normalized spacial score (nSPS) is 10.1. The second kappa shape index (κ2) is 4.14. The standard InChI is InChI=1S/C10H12FNO/c1-7-2-3-8(6-9(7)11)10(13)4-5-12/h2-3,6H,4-5,12H2,1H3. The van der Waals surface area contributed by atoms with Crippen LogP contribution in [0.2, 0.25) is 0 Å². The first kappa shape index (κ1) is 9.86. The van der Waals surface area contributed by atoms with Crippen molar-refractivity contribution < 1.29 is 9.18 Å². The van der Waals surface area contributed by atoms with E-state index >= 15 is 0 Å². The molecule has 0 aliphatic heterocycles. The average molecular weight is 181 g/mol. The number of aryl methyl sites for hydroxylation is 1. The lowest BCUT2D eigenvalue weighted by Gasteiger charge is -2.00. The molecule has 70 valence electrons. The first-order valence-electron chi connectivity index (χ1n) is 4.14. The summed E-state index contributed by atoms with van der Waals surface area (Å²) >= 11 is 0. The number of benzene rings is 1. The number of nitrogens with two attached hydrogens (primary N) is 1. The van der Waals surface area contributed by atoms with Crippen LogP contribution in [0, 0.1) is 12.7 Å². The summed E-state index contributed by atoms with van der Waals surface area (Å²) < 4.78 is 13.0. The molecule has 1 aromatic rings. The van der Waals surface area contributed by atoms with Gasteiger partial charge in [0.15, 0.2) is 5.78 Å². The molecule has 0 radical (unpaired) electrons. The van der Waals surface area contributed by atoms with Crippen molar-refractivity contribution in [2.45, 2.75) is 13.3 Å². The van der Waals surface area contributed by atoms with Gasteiger partial charge in [-0.05, 0) is 25.1 Å². The van der Waals surface area contributed by atoms with Crippen molar-refractivity contribution in [1.82, 2.24) is 0 Å². The molecule has 3 heteroatoms. The fourth-order valence-corrected chi connectivity index (χ4v) is 1.04. The van der Waals surface area contributed by atoms with E-state index in [2.05, 4.69) is 0 Å². The van der Waals surface area contributed by atoms with Crippen molar-refractivity contribution in [3.05, 3.63) is 35.1 Å². The van der Waals surface area contributed by atoms with Gasteiger partial charge >= 0.3 is 0 Å². The van der Waals surface area contributed by atoms with Crippen LogP contribution in [0.5, 0.6) is 0 Å². The van der Waals surface area contributed by atoms with E-state index in [-0.39, 0.29) is 18.0 Å². The quantitative estimate of drug-likeness (QED) is 0.721. The molecule has 2 nitrogen and oxygen atoms in total. The van der Waals surface area contributed by atoms with Crippen molar-refractivity contribution in [3.8, 4) is 0 Å². The molecule has 0 bridgehead atoms. The highest BCUT2D eigenvalue weighted by Gasteiger charge is 2.06. The van der Waals surface area contributed by atoms with Gasteiger partial charge < -0.3 is 5.73 Å². The van der Waals surface area contributed by atoms with Crippen LogP contribution in [0.4, 0.5) is 4.39 Å². The maximum Gasteiger partial charge on any atom is 0.164 e. The highest BCUT2D eigenvalue weighted by atomic mass is 19.1. The molecule has 0 atom stereocenters. The molecule has 0 spiro atoms. The zero-order valence-corrected chi connectivity index (χ0v) is 7.51. The number of Topliss-reactive ketones (excluding diaryl/α,β-unsaturated/α-hetero) is 1. The van der Waals surface area contributed by atoms with Gasteiger partial charge in [0.05, 0.1) is 0 Å². The number of ketones is 1. The molecule has 1 rings (SSSR count). The minimum atomic E-state index is -0.345. The van der Waals surface area contributed by atoms with Crippen LogP contribution in [-0.2, 0) is 0 Å². The largest absolute Gasteiger partial charge is 0.330 e. The van der Waals surface area contributed by atoms with Crippen molar-refractivity contribution in [1.29, 1.82) is 0 Å². The molecule has 0 unspecified atom stereocenters. The highest BCUT2D eigenvalue weighted by Crippen LogP contribution is 2.10. The second-order valence-corrected chi connectivity index (χ2v) is 2.93. The molecule has 0 saturated carbocycles. The molecule has 2 N–H and O–H groups in total. The number of rotatable bonds is 3. The summed E-state index contributed by atoms with van der Waals surface area (Å²) in [7, 11) is 0. The Labute approximate surface area is 76.6 Å². The van der Waals surface area contributed by atoms with Crippen LogP contribution in [0.15, 0.2) is 18.2 Å². The summed E-state index contributed by atoms with van der Waals surface area (Å²) in [4.78, 5) is 11.3. The summed E-state index contributed by atoms with van der Waals surface area (Å²) in [5.41, 5.74) is 6.16. The van der Waals surface area contributed by atoms with Crippen LogP contribution in [0.1, 0.15) is 22.3 Å². The molecule has 0 aliphatic rings. The number of halogens is 1. The van der Waals surface area contributed by atoms with Gasteiger partial charge in [-0.2, -0.15) is 0 Å². The van der Waals surface area contributed by atoms with Crippen LogP contribution < -0.4 is 5.73 Å². The molecular weight excluding hydrogens is 169 g/mol. The molecule has 0 saturated heterocycles. The Morgan fingerprint density at radius 3 is 2.77 bits per heavy atom. The van der Waals surface area contributed by atoms with Crippen molar-refractivity contribution >= 4 is 5.78 Å². The van der Waals surface area contributed by atoms with Gasteiger partial charge in [-0.1, -0.05) is 12.1 Å². The number of hydrogen-bond acceptors (Lipinski definition) is 2. The number of carbonyl (C=O) groups is 1. The average Bonchev–Trinajstić information content (AvgIpc) is 2.10. The lowest BCUT2D eigenvalue weighted by Crippen LogP contribution is -2.08. The maximum absolute atomic E-state index is 13.0. The van der Waals surface area contributed by atoms with E-state index in [0.29, 0.717) is 17.7 Å². The maximum atomic E-state index is 13.0. The summed E-state index contributed by atoms with van der Waals surface area (Å²) in [6, 6.07) is 4.48. The lowest BCUT2D eigenvalue weighted by atomic mass is 10.1. The predicted octanol–water partition coefficient (Wildman–Crippen LogP) is 1.67. The summed E-state index contributed by atoms with van der Waals surface area (Å²) in [6.07, 6.45) is 0.266. The van der Waals surface area contributed by atoms with Gasteiger partial charge in [0.25, 0.3) is 0 Å². The van der Waals surface area contributed by atoms with Gasteiger partial charge in [-0.15, -0.1) is 0 Å². The fraction of sp³-hybridized carbons (Fsp3) is 0.300. The Balaban J connectivity index is 2.90. The van der Waals surface area contributed by atoms with E-state index in [9.17, 15) is 9.18 Å². The molecule has 13 heavy (non-hydrogen) atoms. The van der Waals surface area contributed by atoms with Crippen LogP contribution in [0.25, 0.3) is 0 Å². The monoisotopic (exact) mass is 181 g/mol. The topological polar surface area (TPSA) is 43.1 Å². The van der Waals surface area contributed by atoms with Crippen molar-refractivity contribution in [2.24, 2.45) is 5.73 Å². The van der Waals surface area contributed by atoms with Crippen molar-refractivity contribution in [3.63, 3.8) is 0 Å². The van der Waals surface area contributed by atoms with Gasteiger partial charge in [-0.3, -0.25) is 4.79 Å². The third-order valence-electron chi connectivity index (χ3n) is 1.87. The molecule has 0 heterocycles. The molecular formula is C10H12FNO. The summed E-state index contributed by atoms with van der Waals surface area (Å²) in [5.74, 6) is -0.454. The Morgan fingerprint density at radius 2 is 2.23 bits per heavy atom. The molecule has 0 aliphatic carbocycles. The summed E-state index contributed by atoms with van der Waals surface area (Å²) in [5, 5.41) is 0. The van der Waals surface area contributed by atoms with Crippen LogP contribution >= 0.6 is 0 Å². The first-order valence-corrected chi connectivity index (χ1v) is 4.14. The van der Waals surface area contributed by atoms with Gasteiger partial charge in [0.2, 0.25) is 0 Å². The smallest absolute Gasteiger partial charge is 0.164 e. The zero-order valence-electron chi connectivity index (χ0n) is 7.51. The van der Waals surface area contributed by atoms with Gasteiger partial charge in [0, 0.05) is 12.0 Å². The van der Waals surface area contributed by atoms with Crippen LogP contribution in [0.3, 0.4) is 0 Å². The van der Waals surface area contributed by atoms with Gasteiger partial charge in [0.1, 0.15) is 5.82 Å². The minimum Gasteiger partial charge on any atom is -0.330 e. The van der Waals surface area contributed by atoms with E-state index in [1.54, 1.807) is 19.1 Å². The minimum absolute atomic E-state index is 0.110. The Morgan fingerprint density at radius 1 is 1.54 bits per heavy atom. The van der Waals surface area contributed by atoms with Crippen LogP contribution in [-0.4, -0.2) is 12.3 Å². The first-order chi connectivity index (χ1) is 6.15. The third kappa shape index (κ3) is 2.36. The SMILES string of the molecule is Cc1ccc(C(=O)CCN)cc1F. The molecule has 0 aromatic heterocycles. The Bertz CT molecular complexity index is 323. The summed E-state index contributed by atoms with van der Waals surface area (Å²) in [6.45, 7) is 1.96. The highest BCUT2D eigenvalue weighted by molar-refractivity contribution is 5.96. The van der Waals surface area contributed by atoms with Gasteiger partial charge in [-0.25, -0.2) is 4.39 Å². The molecule has 0 amide bonds. The van der Waals surface area contributed by atoms with E-state index in [1.807, 2.05) is 0 Å². The predicted molar refractivity (Wildman–Crippen MR) is 49.1 cm³/mol. The Hall–Kier alpha value is -1.22. The fourth-order valence-electron chi connectivity index (χ4n) is 1.04. The van der Waals surface area contributed by atoms with Crippen molar-refractivity contribution in [2.75, 3.05) is 6.54 Å². The zero-order chi connectivity index (χ0) is 9.84. The second-order valence-electron chi connectivity index (χ2n) is 2.93. The number of hydrogen-bond donors (Lipinski definition) is 1. The molecule has 1 aromatic carbocycles. The number of carbonyl (C=O) groups excluding carboxylic acids is 1. The van der Waals surface area contributed by atoms with E-state index in [0.717, 1.165) is 0 Å². The van der Waals surface area contributed by atoms with E-state index in [1.165, 1.54) is 6.07 Å². The molecule has 0 fully saturated rings. The Kier molecular flexibility index (Phi) is 3.14. The lowest BCUT2D eigenvalue weighted by molar-refractivity contribution is 0.0985. The van der Waals surface area contributed by atoms with E-state index in [4.69, 9.17) is 5.73 Å². The van der Waals surface area contributed by atoms with E-state index < -0.39 is 0 Å².